The summed E-state index contributed by atoms with van der Waals surface area (Å²) in [7, 11) is 2.08. The van der Waals surface area contributed by atoms with E-state index in [1.807, 2.05) is 0 Å². The molecule has 0 bridgehead atoms. The van der Waals surface area contributed by atoms with Crippen molar-refractivity contribution in [3.05, 3.63) is 10.4 Å². The summed E-state index contributed by atoms with van der Waals surface area (Å²) in [5.74, 6) is -0.707. The van der Waals surface area contributed by atoms with Gasteiger partial charge >= 0.3 is 0 Å². The van der Waals surface area contributed by atoms with Crippen LogP contribution in [0, 0.1) is 0 Å². The van der Waals surface area contributed by atoms with Gasteiger partial charge in [-0.3, -0.25) is 9.59 Å². The molecule has 1 aromatic heterocycles. The van der Waals surface area contributed by atoms with Crippen LogP contribution < -0.4 is 16.4 Å². The fourth-order valence-electron chi connectivity index (χ4n) is 2.81. The highest BCUT2D eigenvalue weighted by Gasteiger charge is 2.29. The predicted octanol–water partition coefficient (Wildman–Crippen LogP) is 1.16. The third kappa shape index (κ3) is 3.03. The molecule has 1 aromatic rings. The molecule has 4 N–H and O–H groups in total. The highest BCUT2D eigenvalue weighted by Crippen LogP contribution is 2.39. The molecule has 0 radical (unpaired) electrons. The Morgan fingerprint density at radius 3 is 2.57 bits per heavy atom. The zero-order chi connectivity index (χ0) is 15.7. The minimum atomic E-state index is -0.573. The molecule has 1 unspecified atom stereocenters. The zero-order valence-electron chi connectivity index (χ0n) is 12.7. The van der Waals surface area contributed by atoms with Crippen molar-refractivity contribution in [2.75, 3.05) is 37.3 Å². The summed E-state index contributed by atoms with van der Waals surface area (Å²) >= 11 is 1.28. The Hall–Kier alpha value is -1.60. The van der Waals surface area contributed by atoms with Crippen molar-refractivity contribution >= 4 is 33.7 Å². The molecule has 0 aromatic carbocycles. The highest BCUT2D eigenvalue weighted by atomic mass is 32.1. The number of nitrogen functional groups attached to an aromatic ring is 1. The number of hydrogen-bond acceptors (Lipinski definition) is 6. The Kier molecular flexibility index (Phi) is 4.53. The molecule has 7 heteroatoms. The smallest absolute Gasteiger partial charge is 0.253 e. The van der Waals surface area contributed by atoms with E-state index < -0.39 is 5.91 Å². The Labute approximate surface area is 128 Å². The fraction of sp³-hybridized carbons (Fsp3) is 0.571. The van der Waals surface area contributed by atoms with Gasteiger partial charge in [0.25, 0.3) is 5.91 Å². The molecule has 2 rings (SSSR count). The van der Waals surface area contributed by atoms with E-state index in [4.69, 9.17) is 11.5 Å². The normalized spacial score (nSPS) is 20.3. The average molecular weight is 310 g/mol. The van der Waals surface area contributed by atoms with Crippen molar-refractivity contribution in [2.24, 2.45) is 5.73 Å². The van der Waals surface area contributed by atoms with E-state index in [2.05, 4.69) is 23.8 Å². The molecular weight excluding hydrogens is 288 g/mol. The van der Waals surface area contributed by atoms with Crippen LogP contribution in [0.15, 0.2) is 0 Å². The first-order valence-electron chi connectivity index (χ1n) is 7.01. The quantitative estimate of drug-likeness (QED) is 0.817. The summed E-state index contributed by atoms with van der Waals surface area (Å²) in [6, 6.07) is 0.230. The number of anilines is 2. The molecule has 1 aliphatic rings. The van der Waals surface area contributed by atoms with Crippen LogP contribution in [-0.2, 0) is 0 Å². The molecule has 0 saturated carbocycles. The van der Waals surface area contributed by atoms with Crippen LogP contribution in [0.5, 0.6) is 0 Å². The molecular formula is C14H22N4O2S. The molecule has 21 heavy (non-hydrogen) atoms. The molecule has 1 saturated heterocycles. The van der Waals surface area contributed by atoms with E-state index in [1.54, 1.807) is 0 Å². The van der Waals surface area contributed by atoms with Crippen molar-refractivity contribution in [1.29, 1.82) is 0 Å². The van der Waals surface area contributed by atoms with Gasteiger partial charge in [0.15, 0.2) is 5.78 Å². The lowest BCUT2D eigenvalue weighted by Gasteiger charge is -2.29. The lowest BCUT2D eigenvalue weighted by molar-refractivity contribution is 0.100. The number of nitrogens with zero attached hydrogens (tertiary/aromatic N) is 2. The first kappa shape index (κ1) is 15.8. The summed E-state index contributed by atoms with van der Waals surface area (Å²) in [4.78, 5) is 28.3. The lowest BCUT2D eigenvalue weighted by Crippen LogP contribution is -2.38. The van der Waals surface area contributed by atoms with Crippen molar-refractivity contribution < 1.29 is 9.59 Å². The number of rotatable bonds is 3. The van der Waals surface area contributed by atoms with Gasteiger partial charge in [0.1, 0.15) is 5.00 Å². The average Bonchev–Trinajstić information content (AvgIpc) is 2.62. The maximum atomic E-state index is 11.8. The van der Waals surface area contributed by atoms with Crippen LogP contribution in [0.2, 0.25) is 0 Å². The number of nitrogens with two attached hydrogens (primary N) is 2. The van der Waals surface area contributed by atoms with Crippen LogP contribution in [0.3, 0.4) is 0 Å². The van der Waals surface area contributed by atoms with E-state index in [1.165, 1.54) is 18.3 Å². The number of amides is 1. The van der Waals surface area contributed by atoms with Crippen molar-refractivity contribution in [3.8, 4) is 0 Å². The fourth-order valence-corrected chi connectivity index (χ4v) is 4.06. The third-order valence-electron chi connectivity index (χ3n) is 3.80. The van der Waals surface area contributed by atoms with Crippen molar-refractivity contribution in [2.45, 2.75) is 26.3 Å². The summed E-state index contributed by atoms with van der Waals surface area (Å²) in [6.07, 6.45) is 0.992. The first-order chi connectivity index (χ1) is 9.82. The van der Waals surface area contributed by atoms with Gasteiger partial charge in [-0.25, -0.2) is 0 Å². The second-order valence-electron chi connectivity index (χ2n) is 5.60. The van der Waals surface area contributed by atoms with E-state index >= 15 is 0 Å². The van der Waals surface area contributed by atoms with Gasteiger partial charge in [0.2, 0.25) is 0 Å². The van der Waals surface area contributed by atoms with E-state index in [9.17, 15) is 9.59 Å². The third-order valence-corrected chi connectivity index (χ3v) is 5.14. The standard InChI is InChI=1S/C14H22N4O2S/c1-8-7-17(3)5-4-6-18(8)14-10(13(16)20)11(15)12(21-14)9(2)19/h8H,4-7,15H2,1-3H3,(H2,16,20). The Morgan fingerprint density at radius 2 is 2.00 bits per heavy atom. The number of ketones is 1. The number of carbonyl (C=O) groups excluding carboxylic acids is 2. The maximum absolute atomic E-state index is 11.8. The van der Waals surface area contributed by atoms with E-state index in [0.29, 0.717) is 10.4 Å². The predicted molar refractivity (Wildman–Crippen MR) is 86.2 cm³/mol. The molecule has 1 fully saturated rings. The molecule has 6 nitrogen and oxygen atoms in total. The number of Topliss-reactive ketones (excluding diaryl/α,β-unsaturated/α-hetero) is 1. The largest absolute Gasteiger partial charge is 0.397 e. The van der Waals surface area contributed by atoms with Crippen LogP contribution in [0.25, 0.3) is 0 Å². The molecule has 1 amide bonds. The molecule has 1 aliphatic heterocycles. The molecule has 0 spiro atoms. The summed E-state index contributed by atoms with van der Waals surface area (Å²) < 4.78 is 0. The Morgan fingerprint density at radius 1 is 1.33 bits per heavy atom. The van der Waals surface area contributed by atoms with Gasteiger partial charge in [-0.15, -0.1) is 11.3 Å². The Bertz CT molecular complexity index is 570. The second kappa shape index (κ2) is 6.03. The molecule has 1 atom stereocenters. The van der Waals surface area contributed by atoms with Crippen LogP contribution >= 0.6 is 11.3 Å². The summed E-state index contributed by atoms with van der Waals surface area (Å²) in [5, 5.41) is 0.730. The lowest BCUT2D eigenvalue weighted by atomic mass is 10.1. The van der Waals surface area contributed by atoms with Gasteiger partial charge in [-0.2, -0.15) is 0 Å². The number of primary amides is 1. The monoisotopic (exact) mass is 310 g/mol. The summed E-state index contributed by atoms with van der Waals surface area (Å²) in [6.45, 7) is 6.29. The first-order valence-corrected chi connectivity index (χ1v) is 7.82. The molecule has 0 aliphatic carbocycles. The minimum Gasteiger partial charge on any atom is -0.397 e. The number of hydrogen-bond donors (Lipinski definition) is 2. The van der Waals surface area contributed by atoms with Crippen LogP contribution in [0.4, 0.5) is 10.7 Å². The number of likely N-dealkylation sites (N-methyl/N-ethyl adjacent to an activating group) is 1. The van der Waals surface area contributed by atoms with E-state index in [0.717, 1.165) is 31.1 Å². The zero-order valence-corrected chi connectivity index (χ0v) is 13.5. The number of carbonyl (C=O) groups is 2. The van der Waals surface area contributed by atoms with Crippen molar-refractivity contribution in [1.82, 2.24) is 4.90 Å². The highest BCUT2D eigenvalue weighted by molar-refractivity contribution is 7.19. The van der Waals surface area contributed by atoms with Crippen LogP contribution in [0.1, 0.15) is 40.3 Å². The van der Waals surface area contributed by atoms with Crippen molar-refractivity contribution in [3.63, 3.8) is 0 Å². The summed E-state index contributed by atoms with van der Waals surface area (Å²) in [5.41, 5.74) is 12.0. The van der Waals surface area contributed by atoms with Crippen LogP contribution in [-0.4, -0.2) is 49.3 Å². The SMILES string of the molecule is CC(=O)c1sc(N2CCCN(C)CC2C)c(C(N)=O)c1N. The van der Waals surface area contributed by atoms with Gasteiger partial charge in [-0.05, 0) is 26.9 Å². The number of thiophene rings is 1. The molecule has 2 heterocycles. The maximum Gasteiger partial charge on any atom is 0.253 e. The van der Waals surface area contributed by atoms with Gasteiger partial charge < -0.3 is 21.3 Å². The second-order valence-corrected chi connectivity index (χ2v) is 6.60. The Balaban J connectivity index is 2.49. The minimum absolute atomic E-state index is 0.133. The van der Waals surface area contributed by atoms with E-state index in [-0.39, 0.29) is 17.5 Å². The van der Waals surface area contributed by atoms with Gasteiger partial charge in [-0.1, -0.05) is 0 Å². The van der Waals surface area contributed by atoms with Gasteiger partial charge in [0, 0.05) is 26.1 Å². The molecule has 116 valence electrons. The topological polar surface area (TPSA) is 92.7 Å². The van der Waals surface area contributed by atoms with Gasteiger partial charge in [0.05, 0.1) is 16.1 Å².